The number of piperidine rings is 1. The Hall–Kier alpha value is -1.70. The largest absolute Gasteiger partial charge is 0.370 e. The summed E-state index contributed by atoms with van der Waals surface area (Å²) in [6, 6.07) is 2.10. The summed E-state index contributed by atoms with van der Waals surface area (Å²) in [7, 11) is 0. The van der Waals surface area contributed by atoms with Gasteiger partial charge in [0, 0.05) is 55.8 Å². The van der Waals surface area contributed by atoms with Crippen molar-refractivity contribution in [2.45, 2.75) is 58.2 Å². The predicted octanol–water partition coefficient (Wildman–Crippen LogP) is 3.17. The summed E-state index contributed by atoms with van der Waals surface area (Å²) in [6.45, 7) is 9.53. The van der Waals surface area contributed by atoms with Crippen molar-refractivity contribution in [2.75, 3.05) is 26.2 Å². The summed E-state index contributed by atoms with van der Waals surface area (Å²) in [5.41, 5.74) is 2.33. The number of ether oxygens (including phenoxy) is 1. The number of nitrogens with zero attached hydrogens (tertiary/aromatic N) is 3. The first-order valence-electron chi connectivity index (χ1n) is 10.4. The Labute approximate surface area is 170 Å². The molecule has 4 heterocycles. The SMILES string of the molecule is CCCNC(=O)c1cc2c(s1)CCOC21CCN(Cc2cnn(CC)c2)CC1. The third kappa shape index (κ3) is 3.88. The van der Waals surface area contributed by atoms with Crippen molar-refractivity contribution >= 4 is 17.2 Å². The fraction of sp³-hybridized carbons (Fsp3) is 0.619. The minimum absolute atomic E-state index is 0.0572. The normalized spacial score (nSPS) is 18.9. The highest BCUT2D eigenvalue weighted by Gasteiger charge is 2.42. The molecule has 0 atom stereocenters. The van der Waals surface area contributed by atoms with Crippen LogP contribution in [-0.2, 0) is 29.8 Å². The van der Waals surface area contributed by atoms with E-state index in [0.29, 0.717) is 0 Å². The molecule has 2 aliphatic rings. The van der Waals surface area contributed by atoms with Gasteiger partial charge in [0.1, 0.15) is 0 Å². The van der Waals surface area contributed by atoms with Crippen molar-refractivity contribution in [1.29, 1.82) is 0 Å². The monoisotopic (exact) mass is 402 g/mol. The molecule has 1 spiro atoms. The van der Waals surface area contributed by atoms with Crippen molar-refractivity contribution < 1.29 is 9.53 Å². The molecule has 1 fully saturated rings. The first-order chi connectivity index (χ1) is 13.6. The summed E-state index contributed by atoms with van der Waals surface area (Å²) in [4.78, 5) is 17.1. The lowest BCUT2D eigenvalue weighted by molar-refractivity contribution is -0.0980. The van der Waals surface area contributed by atoms with Gasteiger partial charge < -0.3 is 10.1 Å². The minimum Gasteiger partial charge on any atom is -0.370 e. The van der Waals surface area contributed by atoms with E-state index in [1.54, 1.807) is 11.3 Å². The number of thiophene rings is 1. The van der Waals surface area contributed by atoms with Crippen LogP contribution in [-0.4, -0.2) is 46.8 Å². The van der Waals surface area contributed by atoms with Crippen LogP contribution in [0.4, 0.5) is 0 Å². The first-order valence-corrected chi connectivity index (χ1v) is 11.2. The molecule has 1 saturated heterocycles. The Morgan fingerprint density at radius 2 is 2.18 bits per heavy atom. The van der Waals surface area contributed by atoms with E-state index in [4.69, 9.17) is 4.74 Å². The molecular formula is C21H30N4O2S. The number of amides is 1. The van der Waals surface area contributed by atoms with Crippen LogP contribution in [0.1, 0.15) is 58.8 Å². The quantitative estimate of drug-likeness (QED) is 0.806. The van der Waals surface area contributed by atoms with Crippen molar-refractivity contribution in [2.24, 2.45) is 0 Å². The molecule has 4 rings (SSSR count). The molecule has 1 amide bonds. The van der Waals surface area contributed by atoms with E-state index < -0.39 is 0 Å². The molecule has 28 heavy (non-hydrogen) atoms. The molecule has 1 N–H and O–H groups in total. The molecule has 2 aromatic heterocycles. The van der Waals surface area contributed by atoms with Gasteiger partial charge in [-0.1, -0.05) is 6.92 Å². The van der Waals surface area contributed by atoms with Crippen molar-refractivity contribution in [3.63, 3.8) is 0 Å². The minimum atomic E-state index is -0.211. The zero-order valence-electron chi connectivity index (χ0n) is 16.9. The number of likely N-dealkylation sites (tertiary alicyclic amines) is 1. The molecule has 7 heteroatoms. The summed E-state index contributed by atoms with van der Waals surface area (Å²) in [5, 5.41) is 7.39. The molecule has 2 aliphatic heterocycles. The highest BCUT2D eigenvalue weighted by molar-refractivity contribution is 7.14. The van der Waals surface area contributed by atoms with E-state index in [2.05, 4.69) is 41.4 Å². The Bertz CT molecular complexity index is 820. The van der Waals surface area contributed by atoms with E-state index >= 15 is 0 Å². The van der Waals surface area contributed by atoms with Gasteiger partial charge in [0.15, 0.2) is 0 Å². The van der Waals surface area contributed by atoms with Crippen molar-refractivity contribution in [1.82, 2.24) is 20.0 Å². The molecule has 0 unspecified atom stereocenters. The molecular weight excluding hydrogens is 372 g/mol. The number of aromatic nitrogens is 2. The molecule has 152 valence electrons. The van der Waals surface area contributed by atoms with Crippen LogP contribution in [0.3, 0.4) is 0 Å². The van der Waals surface area contributed by atoms with Gasteiger partial charge in [-0.3, -0.25) is 14.4 Å². The summed E-state index contributed by atoms with van der Waals surface area (Å²) >= 11 is 1.65. The second-order valence-electron chi connectivity index (χ2n) is 7.78. The molecule has 0 radical (unpaired) electrons. The number of hydrogen-bond acceptors (Lipinski definition) is 5. The van der Waals surface area contributed by atoms with Crippen LogP contribution in [0.15, 0.2) is 18.5 Å². The van der Waals surface area contributed by atoms with Crippen molar-refractivity contribution in [3.05, 3.63) is 39.3 Å². The van der Waals surface area contributed by atoms with Crippen molar-refractivity contribution in [3.8, 4) is 0 Å². The number of carbonyl (C=O) groups is 1. The lowest BCUT2D eigenvalue weighted by Gasteiger charge is -2.44. The third-order valence-electron chi connectivity index (χ3n) is 5.85. The van der Waals surface area contributed by atoms with Crippen LogP contribution < -0.4 is 5.32 Å². The Kier molecular flexibility index (Phi) is 5.85. The molecule has 0 aliphatic carbocycles. The number of aryl methyl sites for hydroxylation is 1. The van der Waals surface area contributed by atoms with Gasteiger partial charge in [0.05, 0.1) is 23.3 Å². The predicted molar refractivity (Wildman–Crippen MR) is 111 cm³/mol. The van der Waals surface area contributed by atoms with Gasteiger partial charge in [-0.25, -0.2) is 0 Å². The van der Waals surface area contributed by atoms with Crippen LogP contribution in [0.25, 0.3) is 0 Å². The van der Waals surface area contributed by atoms with E-state index in [-0.39, 0.29) is 11.5 Å². The second-order valence-corrected chi connectivity index (χ2v) is 8.91. The number of rotatable bonds is 6. The average Bonchev–Trinajstić information content (AvgIpc) is 3.36. The standard InChI is InChI=1S/C21H30N4O2S/c1-3-8-22-20(26)19-12-17-18(28-19)5-11-27-21(17)6-9-24(10-7-21)14-16-13-23-25(4-2)15-16/h12-13,15H,3-11,14H2,1-2H3,(H,22,26). The lowest BCUT2D eigenvalue weighted by atomic mass is 9.82. The number of hydrogen-bond donors (Lipinski definition) is 1. The van der Waals surface area contributed by atoms with E-state index in [1.165, 1.54) is 16.0 Å². The third-order valence-corrected chi connectivity index (χ3v) is 7.04. The van der Waals surface area contributed by atoms with Gasteiger partial charge in [0.25, 0.3) is 5.91 Å². The molecule has 2 aromatic rings. The number of carbonyl (C=O) groups excluding carboxylic acids is 1. The topological polar surface area (TPSA) is 59.4 Å². The summed E-state index contributed by atoms with van der Waals surface area (Å²) in [5.74, 6) is 0.0572. The fourth-order valence-corrected chi connectivity index (χ4v) is 5.41. The fourth-order valence-electron chi connectivity index (χ4n) is 4.26. The van der Waals surface area contributed by atoms with Crippen LogP contribution in [0.2, 0.25) is 0 Å². The molecule has 0 bridgehead atoms. The van der Waals surface area contributed by atoms with Gasteiger partial charge in [-0.05, 0) is 37.8 Å². The van der Waals surface area contributed by atoms with E-state index in [0.717, 1.165) is 69.9 Å². The Balaban J connectivity index is 1.44. The highest BCUT2D eigenvalue weighted by Crippen LogP contribution is 2.44. The Morgan fingerprint density at radius 1 is 1.36 bits per heavy atom. The second kappa shape index (κ2) is 8.35. The smallest absolute Gasteiger partial charge is 0.261 e. The summed E-state index contributed by atoms with van der Waals surface area (Å²) < 4.78 is 8.34. The lowest BCUT2D eigenvalue weighted by Crippen LogP contribution is -2.45. The van der Waals surface area contributed by atoms with Crippen LogP contribution in [0, 0.1) is 0 Å². The average molecular weight is 403 g/mol. The van der Waals surface area contributed by atoms with Gasteiger partial charge >= 0.3 is 0 Å². The van der Waals surface area contributed by atoms with E-state index in [1.807, 2.05) is 10.9 Å². The van der Waals surface area contributed by atoms with E-state index in [9.17, 15) is 4.79 Å². The van der Waals surface area contributed by atoms with Gasteiger partial charge in [0.2, 0.25) is 0 Å². The zero-order chi connectivity index (χ0) is 19.6. The Morgan fingerprint density at radius 3 is 2.89 bits per heavy atom. The zero-order valence-corrected chi connectivity index (χ0v) is 17.7. The number of nitrogens with one attached hydrogen (secondary N) is 1. The maximum Gasteiger partial charge on any atom is 0.261 e. The molecule has 0 saturated carbocycles. The maximum atomic E-state index is 12.4. The summed E-state index contributed by atoms with van der Waals surface area (Å²) in [6.07, 6.45) is 7.95. The molecule has 0 aromatic carbocycles. The first kappa shape index (κ1) is 19.6. The van der Waals surface area contributed by atoms with Crippen LogP contribution in [0.5, 0.6) is 0 Å². The van der Waals surface area contributed by atoms with Gasteiger partial charge in [-0.15, -0.1) is 11.3 Å². The highest BCUT2D eigenvalue weighted by atomic mass is 32.1. The van der Waals surface area contributed by atoms with Gasteiger partial charge in [-0.2, -0.15) is 5.10 Å². The number of fused-ring (bicyclic) bond motifs is 2. The maximum absolute atomic E-state index is 12.4. The van der Waals surface area contributed by atoms with Crippen LogP contribution >= 0.6 is 11.3 Å². The molecule has 6 nitrogen and oxygen atoms in total.